The van der Waals surface area contributed by atoms with Crippen LogP contribution in [-0.2, 0) is 6.42 Å². The highest BCUT2D eigenvalue weighted by atomic mass is 15.1. The van der Waals surface area contributed by atoms with Crippen LogP contribution >= 0.6 is 0 Å². The second-order valence-corrected chi connectivity index (χ2v) is 5.27. The fraction of sp³-hybridized carbons (Fsp3) is 0.353. The number of nitrogens with two attached hydrogens (primary N) is 1. The molecule has 1 aromatic carbocycles. The summed E-state index contributed by atoms with van der Waals surface area (Å²) in [6.45, 7) is 3.01. The molecule has 1 aromatic heterocycles. The number of rotatable bonds is 6. The summed E-state index contributed by atoms with van der Waals surface area (Å²) in [4.78, 5) is 6.68. The maximum atomic E-state index is 6.18. The highest BCUT2D eigenvalue weighted by Crippen LogP contribution is 2.22. The third kappa shape index (κ3) is 3.89. The van der Waals surface area contributed by atoms with Crippen molar-refractivity contribution in [1.29, 1.82) is 0 Å². The summed E-state index contributed by atoms with van der Waals surface area (Å²) in [6.07, 6.45) is 2.78. The summed E-state index contributed by atoms with van der Waals surface area (Å²) in [5, 5.41) is 0. The lowest BCUT2D eigenvalue weighted by Gasteiger charge is -2.31. The number of nitrogens with zero attached hydrogens (tertiary/aromatic N) is 2. The Hall–Kier alpha value is -1.71. The molecule has 0 aliphatic rings. The molecular weight excluding hydrogens is 246 g/mol. The van der Waals surface area contributed by atoms with E-state index in [0.29, 0.717) is 0 Å². The molecule has 3 nitrogen and oxygen atoms in total. The molecule has 20 heavy (non-hydrogen) atoms. The zero-order valence-corrected chi connectivity index (χ0v) is 12.2. The molecule has 2 atom stereocenters. The van der Waals surface area contributed by atoms with Crippen LogP contribution < -0.4 is 5.73 Å². The van der Waals surface area contributed by atoms with E-state index in [0.717, 1.165) is 18.7 Å². The Kier molecular flexibility index (Phi) is 5.27. The van der Waals surface area contributed by atoms with Crippen LogP contribution in [0.3, 0.4) is 0 Å². The SMILES string of the molecule is CC(N)C(c1ccccc1)N(C)CCc1ccccn1. The quantitative estimate of drug-likeness (QED) is 0.876. The van der Waals surface area contributed by atoms with Gasteiger partial charge < -0.3 is 5.73 Å². The summed E-state index contributed by atoms with van der Waals surface area (Å²) < 4.78 is 0. The first-order valence-electron chi connectivity index (χ1n) is 7.09. The Bertz CT molecular complexity index is 496. The van der Waals surface area contributed by atoms with Crippen LogP contribution in [0.1, 0.15) is 24.2 Å². The van der Waals surface area contributed by atoms with Crippen LogP contribution in [0.2, 0.25) is 0 Å². The number of benzene rings is 1. The highest BCUT2D eigenvalue weighted by Gasteiger charge is 2.20. The molecule has 0 aliphatic carbocycles. The van der Waals surface area contributed by atoms with Crippen LogP contribution in [0.15, 0.2) is 54.7 Å². The molecule has 2 rings (SSSR count). The fourth-order valence-electron chi connectivity index (χ4n) is 2.59. The third-order valence-electron chi connectivity index (χ3n) is 3.56. The molecule has 0 saturated carbocycles. The normalized spacial score (nSPS) is 14.2. The van der Waals surface area contributed by atoms with Gasteiger partial charge in [0.05, 0.1) is 0 Å². The van der Waals surface area contributed by atoms with E-state index in [1.807, 2.05) is 24.4 Å². The zero-order chi connectivity index (χ0) is 14.4. The van der Waals surface area contributed by atoms with Gasteiger partial charge in [0.15, 0.2) is 0 Å². The Balaban J connectivity index is 2.03. The van der Waals surface area contributed by atoms with Gasteiger partial charge in [-0.05, 0) is 31.7 Å². The Morgan fingerprint density at radius 1 is 1.10 bits per heavy atom. The van der Waals surface area contributed by atoms with Crippen molar-refractivity contribution < 1.29 is 0 Å². The van der Waals surface area contributed by atoms with Crippen molar-refractivity contribution in [3.63, 3.8) is 0 Å². The predicted molar refractivity (Wildman–Crippen MR) is 83.4 cm³/mol. The lowest BCUT2D eigenvalue weighted by Crippen LogP contribution is -2.38. The van der Waals surface area contributed by atoms with Gasteiger partial charge in [-0.1, -0.05) is 36.4 Å². The van der Waals surface area contributed by atoms with Crippen LogP contribution in [-0.4, -0.2) is 29.5 Å². The number of hydrogen-bond acceptors (Lipinski definition) is 3. The van der Waals surface area contributed by atoms with Crippen molar-refractivity contribution in [1.82, 2.24) is 9.88 Å². The maximum absolute atomic E-state index is 6.18. The van der Waals surface area contributed by atoms with Gasteiger partial charge in [-0.2, -0.15) is 0 Å². The van der Waals surface area contributed by atoms with Gasteiger partial charge in [0.2, 0.25) is 0 Å². The zero-order valence-electron chi connectivity index (χ0n) is 12.2. The minimum Gasteiger partial charge on any atom is -0.326 e. The largest absolute Gasteiger partial charge is 0.326 e. The average Bonchev–Trinajstić information content (AvgIpc) is 2.47. The van der Waals surface area contributed by atoms with Crippen LogP contribution in [0, 0.1) is 0 Å². The molecule has 0 bridgehead atoms. The lowest BCUT2D eigenvalue weighted by molar-refractivity contribution is 0.221. The molecule has 2 N–H and O–H groups in total. The Labute approximate surface area is 121 Å². The Morgan fingerprint density at radius 2 is 1.80 bits per heavy atom. The van der Waals surface area contributed by atoms with Gasteiger partial charge in [0, 0.05) is 36.9 Å². The molecular formula is C17H23N3. The monoisotopic (exact) mass is 269 g/mol. The first-order chi connectivity index (χ1) is 9.68. The smallest absolute Gasteiger partial charge is 0.0493 e. The van der Waals surface area contributed by atoms with E-state index < -0.39 is 0 Å². The minimum atomic E-state index is 0.0890. The number of likely N-dealkylation sites (N-methyl/N-ethyl adjacent to an activating group) is 1. The summed E-state index contributed by atoms with van der Waals surface area (Å²) in [5.74, 6) is 0. The van der Waals surface area contributed by atoms with E-state index in [-0.39, 0.29) is 12.1 Å². The van der Waals surface area contributed by atoms with E-state index in [4.69, 9.17) is 5.73 Å². The molecule has 2 unspecified atom stereocenters. The molecule has 0 aliphatic heterocycles. The Morgan fingerprint density at radius 3 is 2.40 bits per heavy atom. The minimum absolute atomic E-state index is 0.0890. The number of hydrogen-bond donors (Lipinski definition) is 1. The van der Waals surface area contributed by atoms with Gasteiger partial charge in [-0.25, -0.2) is 0 Å². The van der Waals surface area contributed by atoms with Crippen molar-refractivity contribution in [2.24, 2.45) is 5.73 Å². The van der Waals surface area contributed by atoms with E-state index in [2.05, 4.69) is 54.2 Å². The van der Waals surface area contributed by atoms with E-state index in [9.17, 15) is 0 Å². The molecule has 1 heterocycles. The second kappa shape index (κ2) is 7.17. The van der Waals surface area contributed by atoms with Crippen molar-refractivity contribution >= 4 is 0 Å². The molecule has 0 amide bonds. The molecule has 0 spiro atoms. The molecule has 106 valence electrons. The van der Waals surface area contributed by atoms with Crippen LogP contribution in [0.4, 0.5) is 0 Å². The topological polar surface area (TPSA) is 42.1 Å². The summed E-state index contributed by atoms with van der Waals surface area (Å²) >= 11 is 0. The molecule has 0 fully saturated rings. The lowest BCUT2D eigenvalue weighted by atomic mass is 9.99. The standard InChI is InChI=1S/C17H23N3/c1-14(18)17(15-8-4-3-5-9-15)20(2)13-11-16-10-6-7-12-19-16/h3-10,12,14,17H,11,13,18H2,1-2H3. The van der Waals surface area contributed by atoms with Crippen molar-refractivity contribution in [2.75, 3.05) is 13.6 Å². The third-order valence-corrected chi connectivity index (χ3v) is 3.56. The highest BCUT2D eigenvalue weighted by molar-refractivity contribution is 5.20. The van der Waals surface area contributed by atoms with Gasteiger partial charge in [0.1, 0.15) is 0 Å². The first-order valence-corrected chi connectivity index (χ1v) is 7.09. The number of pyridine rings is 1. The van der Waals surface area contributed by atoms with E-state index in [1.54, 1.807) is 0 Å². The molecule has 2 aromatic rings. The van der Waals surface area contributed by atoms with E-state index in [1.165, 1.54) is 5.56 Å². The van der Waals surface area contributed by atoms with Gasteiger partial charge in [-0.15, -0.1) is 0 Å². The second-order valence-electron chi connectivity index (χ2n) is 5.27. The van der Waals surface area contributed by atoms with Crippen molar-refractivity contribution in [2.45, 2.75) is 25.4 Å². The summed E-state index contributed by atoms with van der Waals surface area (Å²) in [6, 6.07) is 16.8. The van der Waals surface area contributed by atoms with Gasteiger partial charge >= 0.3 is 0 Å². The number of aromatic nitrogens is 1. The maximum Gasteiger partial charge on any atom is 0.0493 e. The predicted octanol–water partition coefficient (Wildman–Crippen LogP) is 2.64. The van der Waals surface area contributed by atoms with Crippen molar-refractivity contribution in [3.8, 4) is 0 Å². The average molecular weight is 269 g/mol. The fourth-order valence-corrected chi connectivity index (χ4v) is 2.59. The summed E-state index contributed by atoms with van der Waals surface area (Å²) in [7, 11) is 2.13. The van der Waals surface area contributed by atoms with Crippen LogP contribution in [0.5, 0.6) is 0 Å². The molecule has 3 heteroatoms. The van der Waals surface area contributed by atoms with Gasteiger partial charge in [-0.3, -0.25) is 9.88 Å². The van der Waals surface area contributed by atoms with Gasteiger partial charge in [0.25, 0.3) is 0 Å². The summed E-state index contributed by atoms with van der Waals surface area (Å²) in [5.41, 5.74) is 8.57. The first kappa shape index (κ1) is 14.7. The van der Waals surface area contributed by atoms with Crippen molar-refractivity contribution in [3.05, 3.63) is 66.0 Å². The molecule has 0 radical (unpaired) electrons. The molecule has 0 saturated heterocycles. The van der Waals surface area contributed by atoms with Crippen LogP contribution in [0.25, 0.3) is 0 Å². The van der Waals surface area contributed by atoms with E-state index >= 15 is 0 Å².